The van der Waals surface area contributed by atoms with Crippen LogP contribution < -0.4 is 4.74 Å². The van der Waals surface area contributed by atoms with Crippen LogP contribution in [0.3, 0.4) is 0 Å². The second-order valence-electron chi connectivity index (χ2n) is 7.15. The lowest BCUT2D eigenvalue weighted by molar-refractivity contribution is -0.144. The van der Waals surface area contributed by atoms with E-state index in [0.29, 0.717) is 15.8 Å². The molecule has 140 valence electrons. The quantitative estimate of drug-likeness (QED) is 0.716. The minimum Gasteiger partial charge on any atom is -0.497 e. The van der Waals surface area contributed by atoms with Crippen LogP contribution in [-0.4, -0.2) is 55.3 Å². The number of hydrogen-bond donors (Lipinski definition) is 0. The van der Waals surface area contributed by atoms with E-state index in [2.05, 4.69) is 15.9 Å². The minimum absolute atomic E-state index is 0.0277. The number of halogens is 1. The van der Waals surface area contributed by atoms with Crippen LogP contribution in [0.15, 0.2) is 22.7 Å². The number of nitrogens with zero attached hydrogens (tertiary/aromatic N) is 2. The van der Waals surface area contributed by atoms with Crippen LogP contribution in [0, 0.1) is 0 Å². The van der Waals surface area contributed by atoms with Crippen LogP contribution >= 0.6 is 15.9 Å². The van der Waals surface area contributed by atoms with Gasteiger partial charge < -0.3 is 9.64 Å². The normalized spacial score (nSPS) is 18.7. The molecule has 1 aliphatic heterocycles. The molecule has 1 aliphatic rings. The molecule has 0 atom stereocenters. The van der Waals surface area contributed by atoms with Crippen molar-refractivity contribution in [2.75, 3.05) is 20.2 Å². The van der Waals surface area contributed by atoms with Crippen LogP contribution in [0.2, 0.25) is 0 Å². The number of ether oxygens (including phenoxy) is 1. The van der Waals surface area contributed by atoms with E-state index in [-0.39, 0.29) is 30.8 Å². The van der Waals surface area contributed by atoms with Crippen molar-refractivity contribution in [3.8, 4) is 5.75 Å². The smallest absolute Gasteiger partial charge is 0.238 e. The largest absolute Gasteiger partial charge is 0.497 e. The van der Waals surface area contributed by atoms with Crippen molar-refractivity contribution in [1.29, 1.82) is 0 Å². The van der Waals surface area contributed by atoms with Gasteiger partial charge in [0.2, 0.25) is 15.9 Å². The van der Waals surface area contributed by atoms with Gasteiger partial charge in [0.15, 0.2) is 0 Å². The van der Waals surface area contributed by atoms with Crippen molar-refractivity contribution in [1.82, 2.24) is 9.21 Å². The molecule has 25 heavy (non-hydrogen) atoms. The van der Waals surface area contributed by atoms with E-state index >= 15 is 0 Å². The summed E-state index contributed by atoms with van der Waals surface area (Å²) in [4.78, 5) is 14.3. The molecule has 1 amide bonds. The summed E-state index contributed by atoms with van der Waals surface area (Å²) in [5.41, 5.74) is 0.0539. The Kier molecular flexibility index (Phi) is 5.85. The van der Waals surface area contributed by atoms with E-state index in [1.807, 2.05) is 27.7 Å². The van der Waals surface area contributed by atoms with Gasteiger partial charge in [-0.1, -0.05) is 15.9 Å². The molecular formula is C17H25BrN2O4S. The monoisotopic (exact) mass is 432 g/mol. The van der Waals surface area contributed by atoms with E-state index in [4.69, 9.17) is 4.74 Å². The fourth-order valence-corrected chi connectivity index (χ4v) is 5.60. The van der Waals surface area contributed by atoms with Crippen molar-refractivity contribution in [3.05, 3.63) is 28.2 Å². The highest BCUT2D eigenvalue weighted by atomic mass is 79.9. The topological polar surface area (TPSA) is 66.9 Å². The third-order valence-electron chi connectivity index (χ3n) is 4.30. The fraction of sp³-hybridized carbons (Fsp3) is 0.588. The Morgan fingerprint density at radius 3 is 2.48 bits per heavy atom. The van der Waals surface area contributed by atoms with Gasteiger partial charge in [-0.15, -0.1) is 0 Å². The molecule has 1 heterocycles. The molecule has 0 N–H and O–H groups in total. The van der Waals surface area contributed by atoms with Gasteiger partial charge in [-0.25, -0.2) is 8.42 Å². The standard InChI is InChI=1S/C17H25BrN2O4S/c1-12(2)20-16(21)9-19(11-17(20,3)4)25(22,23)10-13-8-14(24-5)6-7-15(13)18/h6-8,12H,9-11H2,1-5H3. The summed E-state index contributed by atoms with van der Waals surface area (Å²) in [5.74, 6) is 0.240. The first-order valence-corrected chi connectivity index (χ1v) is 10.5. The third kappa shape index (κ3) is 4.35. The Labute approximate surface area is 158 Å². The van der Waals surface area contributed by atoms with Gasteiger partial charge in [0.05, 0.1) is 24.9 Å². The Morgan fingerprint density at radius 2 is 1.96 bits per heavy atom. The first kappa shape index (κ1) is 20.2. The number of sulfonamides is 1. The van der Waals surface area contributed by atoms with Gasteiger partial charge in [0, 0.05) is 17.1 Å². The third-order valence-corrected chi connectivity index (χ3v) is 6.79. The van der Waals surface area contributed by atoms with E-state index in [1.165, 1.54) is 11.4 Å². The number of amides is 1. The molecule has 1 fully saturated rings. The maximum atomic E-state index is 12.9. The summed E-state index contributed by atoms with van der Waals surface area (Å²) >= 11 is 3.39. The van der Waals surface area contributed by atoms with E-state index in [0.717, 1.165) is 0 Å². The van der Waals surface area contributed by atoms with Crippen LogP contribution in [0.4, 0.5) is 0 Å². The number of carbonyl (C=O) groups excluding carboxylic acids is 1. The van der Waals surface area contributed by atoms with Crippen molar-refractivity contribution in [2.24, 2.45) is 0 Å². The number of rotatable bonds is 5. The van der Waals surface area contributed by atoms with Gasteiger partial charge in [0.25, 0.3) is 0 Å². The molecule has 0 bridgehead atoms. The molecule has 6 nitrogen and oxygen atoms in total. The second kappa shape index (κ2) is 7.25. The molecule has 8 heteroatoms. The molecule has 0 saturated carbocycles. The molecule has 1 aromatic rings. The molecule has 0 radical (unpaired) electrons. The van der Waals surface area contributed by atoms with Gasteiger partial charge >= 0.3 is 0 Å². The number of benzene rings is 1. The van der Waals surface area contributed by atoms with E-state index in [1.54, 1.807) is 23.1 Å². The maximum Gasteiger partial charge on any atom is 0.238 e. The Balaban J connectivity index is 2.28. The highest BCUT2D eigenvalue weighted by Crippen LogP contribution is 2.29. The minimum atomic E-state index is -3.64. The summed E-state index contributed by atoms with van der Waals surface area (Å²) in [6.45, 7) is 7.84. The van der Waals surface area contributed by atoms with Crippen LogP contribution in [0.25, 0.3) is 0 Å². The number of carbonyl (C=O) groups is 1. The summed E-state index contributed by atoms with van der Waals surface area (Å²) < 4.78 is 33.0. The maximum absolute atomic E-state index is 12.9. The van der Waals surface area contributed by atoms with E-state index < -0.39 is 15.6 Å². The molecule has 0 aromatic heterocycles. The highest BCUT2D eigenvalue weighted by Gasteiger charge is 2.43. The first-order chi connectivity index (χ1) is 11.5. The van der Waals surface area contributed by atoms with Crippen molar-refractivity contribution in [2.45, 2.75) is 45.0 Å². The van der Waals surface area contributed by atoms with Crippen LogP contribution in [0.5, 0.6) is 5.75 Å². The van der Waals surface area contributed by atoms with Crippen LogP contribution in [-0.2, 0) is 20.6 Å². The highest BCUT2D eigenvalue weighted by molar-refractivity contribution is 9.10. The summed E-state index contributed by atoms with van der Waals surface area (Å²) in [6, 6.07) is 5.24. The lowest BCUT2D eigenvalue weighted by Gasteiger charge is -2.48. The molecule has 0 spiro atoms. The second-order valence-corrected chi connectivity index (χ2v) is 9.97. The van der Waals surface area contributed by atoms with Gasteiger partial charge in [-0.2, -0.15) is 4.31 Å². The van der Waals surface area contributed by atoms with Gasteiger partial charge in [0.1, 0.15) is 5.75 Å². The average molecular weight is 433 g/mol. The summed E-state index contributed by atoms with van der Waals surface area (Å²) in [5, 5.41) is 0. The van der Waals surface area contributed by atoms with Gasteiger partial charge in [-0.05, 0) is 51.5 Å². The van der Waals surface area contributed by atoms with Gasteiger partial charge in [-0.3, -0.25) is 4.79 Å². The van der Waals surface area contributed by atoms with E-state index in [9.17, 15) is 13.2 Å². The van der Waals surface area contributed by atoms with Crippen molar-refractivity contribution >= 4 is 31.9 Å². The van der Waals surface area contributed by atoms with Crippen molar-refractivity contribution in [3.63, 3.8) is 0 Å². The molecule has 1 aromatic carbocycles. The SMILES string of the molecule is COc1ccc(Br)c(CS(=O)(=O)N2CC(=O)N(C(C)C)C(C)(C)C2)c1. The van der Waals surface area contributed by atoms with Crippen LogP contribution in [0.1, 0.15) is 33.3 Å². The van der Waals surface area contributed by atoms with Crippen molar-refractivity contribution < 1.29 is 17.9 Å². The predicted octanol–water partition coefficient (Wildman–Crippen LogP) is 2.62. The lowest BCUT2D eigenvalue weighted by atomic mass is 9.98. The molecule has 2 rings (SSSR count). The predicted molar refractivity (Wildman–Crippen MR) is 101 cm³/mol. The number of methoxy groups -OCH3 is 1. The zero-order valence-electron chi connectivity index (χ0n) is 15.2. The number of hydrogen-bond acceptors (Lipinski definition) is 4. The summed E-state index contributed by atoms with van der Waals surface area (Å²) in [6.07, 6.45) is 0. The number of piperazine rings is 1. The Morgan fingerprint density at radius 1 is 1.32 bits per heavy atom. The Hall–Kier alpha value is -1.12. The zero-order chi connectivity index (χ0) is 19.0. The molecule has 0 unspecified atom stereocenters. The lowest BCUT2D eigenvalue weighted by Crippen LogP contribution is -2.64. The first-order valence-electron chi connectivity index (χ1n) is 8.10. The average Bonchev–Trinajstić information content (AvgIpc) is 2.47. The molecular weight excluding hydrogens is 408 g/mol. The summed E-state index contributed by atoms with van der Waals surface area (Å²) in [7, 11) is -2.10. The Bertz CT molecular complexity index is 762. The fourth-order valence-electron chi connectivity index (χ4n) is 3.39. The molecule has 0 aliphatic carbocycles. The zero-order valence-corrected chi connectivity index (χ0v) is 17.6. The molecule has 1 saturated heterocycles.